The molecule has 1 rings (SSSR count). The summed E-state index contributed by atoms with van der Waals surface area (Å²) >= 11 is 12.0. The number of halogens is 2. The highest BCUT2D eigenvalue weighted by Gasteiger charge is 2.13. The van der Waals surface area contributed by atoms with Gasteiger partial charge in [-0.2, -0.15) is 0 Å². The second kappa shape index (κ2) is 4.16. The van der Waals surface area contributed by atoms with Crippen LogP contribution in [0.15, 0.2) is 0 Å². The van der Waals surface area contributed by atoms with Gasteiger partial charge >= 0.3 is 0 Å². The molecule has 0 amide bonds. The zero-order valence-electron chi connectivity index (χ0n) is 7.82. The molecule has 2 nitrogen and oxygen atoms in total. The van der Waals surface area contributed by atoms with Crippen LogP contribution < -0.4 is 4.74 Å². The highest BCUT2D eigenvalue weighted by Crippen LogP contribution is 2.35. The standard InChI is InChI=1S/C9H11Cl2NO/c1-4-13-9-7(10)5(2)12-6(3)8(9)11/h4H2,1-3H3. The fourth-order valence-corrected chi connectivity index (χ4v) is 1.48. The molecule has 0 bridgehead atoms. The summed E-state index contributed by atoms with van der Waals surface area (Å²) in [6.45, 7) is 6.09. The van der Waals surface area contributed by atoms with Crippen molar-refractivity contribution in [1.29, 1.82) is 0 Å². The van der Waals surface area contributed by atoms with Gasteiger partial charge in [-0.3, -0.25) is 4.98 Å². The summed E-state index contributed by atoms with van der Waals surface area (Å²) in [5, 5.41) is 0.995. The van der Waals surface area contributed by atoms with E-state index >= 15 is 0 Å². The Hall–Kier alpha value is -0.470. The van der Waals surface area contributed by atoms with Crippen LogP contribution in [0.2, 0.25) is 10.0 Å². The lowest BCUT2D eigenvalue weighted by atomic mass is 10.3. The summed E-state index contributed by atoms with van der Waals surface area (Å²) in [5.74, 6) is 0.538. The van der Waals surface area contributed by atoms with Crippen LogP contribution in [0.1, 0.15) is 18.3 Å². The Morgan fingerprint density at radius 1 is 1.15 bits per heavy atom. The second-order valence-electron chi connectivity index (χ2n) is 2.67. The fourth-order valence-electron chi connectivity index (χ4n) is 1.05. The lowest BCUT2D eigenvalue weighted by Crippen LogP contribution is -1.98. The van der Waals surface area contributed by atoms with Crippen LogP contribution >= 0.6 is 23.2 Å². The zero-order chi connectivity index (χ0) is 10.0. The van der Waals surface area contributed by atoms with Crippen molar-refractivity contribution in [2.75, 3.05) is 6.61 Å². The number of hydrogen-bond donors (Lipinski definition) is 0. The van der Waals surface area contributed by atoms with Gasteiger partial charge in [0.2, 0.25) is 0 Å². The van der Waals surface area contributed by atoms with E-state index in [0.717, 1.165) is 11.4 Å². The van der Waals surface area contributed by atoms with Gasteiger partial charge in [-0.25, -0.2) is 0 Å². The van der Waals surface area contributed by atoms with Crippen LogP contribution in [0.3, 0.4) is 0 Å². The van der Waals surface area contributed by atoms with Crippen LogP contribution in [0.4, 0.5) is 0 Å². The molecule has 1 heterocycles. The fraction of sp³-hybridized carbons (Fsp3) is 0.444. The third-order valence-electron chi connectivity index (χ3n) is 1.66. The minimum atomic E-state index is 0.498. The van der Waals surface area contributed by atoms with Crippen molar-refractivity contribution in [3.8, 4) is 5.75 Å². The average Bonchev–Trinajstić information content (AvgIpc) is 2.09. The van der Waals surface area contributed by atoms with E-state index in [1.165, 1.54) is 0 Å². The smallest absolute Gasteiger partial charge is 0.160 e. The van der Waals surface area contributed by atoms with Gasteiger partial charge in [0.15, 0.2) is 5.75 Å². The number of nitrogens with zero attached hydrogens (tertiary/aromatic N) is 1. The normalized spacial score (nSPS) is 10.2. The third-order valence-corrected chi connectivity index (χ3v) is 2.55. The minimum Gasteiger partial charge on any atom is -0.491 e. The predicted molar refractivity (Wildman–Crippen MR) is 54.9 cm³/mol. The quantitative estimate of drug-likeness (QED) is 0.761. The molecule has 1 aromatic rings. The highest BCUT2D eigenvalue weighted by molar-refractivity contribution is 6.37. The number of aryl methyl sites for hydroxylation is 2. The van der Waals surface area contributed by atoms with Gasteiger partial charge in [-0.05, 0) is 20.8 Å². The summed E-state index contributed by atoms with van der Waals surface area (Å²) in [6.07, 6.45) is 0. The number of rotatable bonds is 2. The molecule has 0 N–H and O–H groups in total. The molecule has 1 aromatic heterocycles. The van der Waals surface area contributed by atoms with E-state index in [-0.39, 0.29) is 0 Å². The summed E-state index contributed by atoms with van der Waals surface area (Å²) in [6, 6.07) is 0. The Morgan fingerprint density at radius 2 is 1.62 bits per heavy atom. The number of ether oxygens (including phenoxy) is 1. The first kappa shape index (κ1) is 10.6. The molecule has 0 aliphatic carbocycles. The van der Waals surface area contributed by atoms with Crippen LogP contribution in [-0.2, 0) is 0 Å². The van der Waals surface area contributed by atoms with E-state index in [0.29, 0.717) is 22.4 Å². The van der Waals surface area contributed by atoms with E-state index in [1.807, 2.05) is 20.8 Å². The van der Waals surface area contributed by atoms with E-state index in [2.05, 4.69) is 4.98 Å². The van der Waals surface area contributed by atoms with Gasteiger partial charge in [-0.1, -0.05) is 23.2 Å². The largest absolute Gasteiger partial charge is 0.491 e. The Labute approximate surface area is 87.8 Å². The molecule has 72 valence electrons. The summed E-state index contributed by atoms with van der Waals surface area (Å²) in [4.78, 5) is 4.17. The van der Waals surface area contributed by atoms with Crippen molar-refractivity contribution in [2.45, 2.75) is 20.8 Å². The van der Waals surface area contributed by atoms with Crippen molar-refractivity contribution in [3.63, 3.8) is 0 Å². The van der Waals surface area contributed by atoms with E-state index in [1.54, 1.807) is 0 Å². The first-order valence-electron chi connectivity index (χ1n) is 4.03. The number of pyridine rings is 1. The van der Waals surface area contributed by atoms with Gasteiger partial charge in [0.05, 0.1) is 18.0 Å². The second-order valence-corrected chi connectivity index (χ2v) is 3.43. The molecule has 4 heteroatoms. The van der Waals surface area contributed by atoms with Crippen molar-refractivity contribution in [3.05, 3.63) is 21.4 Å². The average molecular weight is 220 g/mol. The molecular weight excluding hydrogens is 209 g/mol. The van der Waals surface area contributed by atoms with Gasteiger partial charge in [0, 0.05) is 0 Å². The van der Waals surface area contributed by atoms with Crippen LogP contribution in [0.5, 0.6) is 5.75 Å². The first-order valence-corrected chi connectivity index (χ1v) is 4.78. The first-order chi connectivity index (χ1) is 6.07. The van der Waals surface area contributed by atoms with Crippen molar-refractivity contribution in [2.24, 2.45) is 0 Å². The van der Waals surface area contributed by atoms with Gasteiger partial charge in [0.1, 0.15) is 10.0 Å². The number of aromatic nitrogens is 1. The molecule has 0 radical (unpaired) electrons. The van der Waals surface area contributed by atoms with E-state index in [9.17, 15) is 0 Å². The Balaban J connectivity index is 3.28. The summed E-state index contributed by atoms with van der Waals surface area (Å²) in [5.41, 5.74) is 1.49. The summed E-state index contributed by atoms with van der Waals surface area (Å²) < 4.78 is 5.33. The third kappa shape index (κ3) is 2.06. The van der Waals surface area contributed by atoms with Crippen molar-refractivity contribution >= 4 is 23.2 Å². The molecule has 0 saturated heterocycles. The summed E-state index contributed by atoms with van der Waals surface area (Å²) in [7, 11) is 0. The van der Waals surface area contributed by atoms with Crippen LogP contribution in [0.25, 0.3) is 0 Å². The predicted octanol–water partition coefficient (Wildman–Crippen LogP) is 3.40. The van der Waals surface area contributed by atoms with Gasteiger partial charge < -0.3 is 4.74 Å². The molecule has 0 spiro atoms. The molecule has 13 heavy (non-hydrogen) atoms. The number of hydrogen-bond acceptors (Lipinski definition) is 2. The van der Waals surface area contributed by atoms with Crippen LogP contribution in [0, 0.1) is 13.8 Å². The highest BCUT2D eigenvalue weighted by atomic mass is 35.5. The SMILES string of the molecule is CCOc1c(Cl)c(C)nc(C)c1Cl. The Bertz CT molecular complexity index is 300. The lowest BCUT2D eigenvalue weighted by Gasteiger charge is -2.10. The van der Waals surface area contributed by atoms with Crippen molar-refractivity contribution < 1.29 is 4.74 Å². The molecule has 0 unspecified atom stereocenters. The molecular formula is C9H11Cl2NO. The maximum Gasteiger partial charge on any atom is 0.160 e. The zero-order valence-corrected chi connectivity index (χ0v) is 9.33. The monoisotopic (exact) mass is 219 g/mol. The maximum atomic E-state index is 5.98. The topological polar surface area (TPSA) is 22.1 Å². The molecule has 0 aliphatic heterocycles. The maximum absolute atomic E-state index is 5.98. The Kier molecular flexibility index (Phi) is 3.40. The lowest BCUT2D eigenvalue weighted by molar-refractivity contribution is 0.339. The van der Waals surface area contributed by atoms with Crippen molar-refractivity contribution in [1.82, 2.24) is 4.98 Å². The molecule has 0 aliphatic rings. The Morgan fingerprint density at radius 3 is 2.00 bits per heavy atom. The molecule has 0 atom stereocenters. The minimum absolute atomic E-state index is 0.498. The van der Waals surface area contributed by atoms with Crippen LogP contribution in [-0.4, -0.2) is 11.6 Å². The van der Waals surface area contributed by atoms with E-state index in [4.69, 9.17) is 27.9 Å². The van der Waals surface area contributed by atoms with Gasteiger partial charge in [0.25, 0.3) is 0 Å². The van der Waals surface area contributed by atoms with E-state index < -0.39 is 0 Å². The molecule has 0 saturated carbocycles. The van der Waals surface area contributed by atoms with Gasteiger partial charge in [-0.15, -0.1) is 0 Å². The molecule has 0 aromatic carbocycles. The molecule has 0 fully saturated rings.